The smallest absolute Gasteiger partial charge is 0.411 e. The first kappa shape index (κ1) is 83.0. The Balaban J connectivity index is 0.449. The van der Waals surface area contributed by atoms with Crippen LogP contribution in [0.25, 0.3) is 31.4 Å². The zero-order valence-electron chi connectivity index (χ0n) is 74.9. The Morgan fingerprint density at radius 2 is 0.854 bits per heavy atom. The lowest BCUT2D eigenvalue weighted by Gasteiger charge is -2.58. The van der Waals surface area contributed by atoms with Crippen molar-refractivity contribution in [2.75, 3.05) is 10.6 Å². The van der Waals surface area contributed by atoms with Gasteiger partial charge in [-0.3, -0.25) is 39.6 Å². The Bertz CT molecular complexity index is 5210. The van der Waals surface area contributed by atoms with Gasteiger partial charge in [-0.2, -0.15) is 0 Å². The lowest BCUT2D eigenvalue weighted by Crippen LogP contribution is -2.51. The molecule has 10 aliphatic carbocycles. The van der Waals surface area contributed by atoms with Crippen molar-refractivity contribution in [1.29, 1.82) is 0 Å². The number of hydrogen-bond acceptors (Lipinski definition) is 10. The van der Waals surface area contributed by atoms with Crippen molar-refractivity contribution in [3.05, 3.63) is 211 Å². The van der Waals surface area contributed by atoms with Crippen LogP contribution >= 0.6 is 23.5 Å². The van der Waals surface area contributed by atoms with E-state index in [9.17, 15) is 28.8 Å². The van der Waals surface area contributed by atoms with E-state index >= 15 is 0 Å². The number of hydrogen-bond donors (Lipinski definition) is 2. The molecule has 20 rings (SSSR count). The van der Waals surface area contributed by atoms with E-state index in [4.69, 9.17) is 9.47 Å². The number of fused-ring (bicyclic) bond motifs is 14. The molecule has 2 N–H and O–H groups in total. The second kappa shape index (κ2) is 31.4. The maximum absolute atomic E-state index is 14.6. The van der Waals surface area contributed by atoms with Crippen molar-refractivity contribution in [2.24, 2.45) is 92.7 Å². The summed E-state index contributed by atoms with van der Waals surface area (Å²) in [5.74, 6) is 7.74. The third-order valence-corrected chi connectivity index (χ3v) is 39.0. The first-order valence-electron chi connectivity index (χ1n) is 47.7. The number of nitrogens with zero attached hydrogens (tertiary/aromatic N) is 2. The molecule has 12 nitrogen and oxygen atoms in total. The van der Waals surface area contributed by atoms with Gasteiger partial charge in [-0.25, -0.2) is 9.59 Å². The maximum Gasteiger partial charge on any atom is 0.411 e. The van der Waals surface area contributed by atoms with E-state index in [1.165, 1.54) is 143 Å². The van der Waals surface area contributed by atoms with Gasteiger partial charge in [-0.1, -0.05) is 204 Å². The Hall–Kier alpha value is -8.20. The normalized spacial score (nSPS) is 33.1. The number of imide groups is 2. The summed E-state index contributed by atoms with van der Waals surface area (Å²) in [6.45, 7) is 30.0. The molecule has 14 heteroatoms. The number of nitrogens with one attached hydrogen (secondary N) is 2. The van der Waals surface area contributed by atoms with Crippen LogP contribution in [0.3, 0.4) is 0 Å². The Labute approximate surface area is 738 Å². The van der Waals surface area contributed by atoms with Crippen molar-refractivity contribution >= 4 is 102 Å². The van der Waals surface area contributed by atoms with E-state index in [-0.39, 0.29) is 69.3 Å². The molecule has 6 amide bonds. The lowest BCUT2D eigenvalue weighted by atomic mass is 9.47. The lowest BCUT2D eigenvalue weighted by molar-refractivity contribution is -0.0577. The molecule has 644 valence electrons. The first-order valence-corrected chi connectivity index (χ1v) is 49.3. The average molecular weight is 1690 g/mol. The van der Waals surface area contributed by atoms with Gasteiger partial charge in [0.05, 0.1) is 34.0 Å². The van der Waals surface area contributed by atoms with E-state index in [0.717, 1.165) is 152 Å². The highest BCUT2D eigenvalue weighted by molar-refractivity contribution is 8.14. The summed E-state index contributed by atoms with van der Waals surface area (Å²) in [6.07, 6.45) is 38.1. The molecule has 7 saturated carbocycles. The zero-order valence-corrected chi connectivity index (χ0v) is 76.5. The summed E-state index contributed by atoms with van der Waals surface area (Å²) < 4.78 is 12.0. The van der Waals surface area contributed by atoms with Crippen molar-refractivity contribution in [3.63, 3.8) is 0 Å². The topological polar surface area (TPSA) is 151 Å². The molecule has 6 aromatic carbocycles. The molecule has 0 radical (unpaired) electrons. The third kappa shape index (κ3) is 13.7. The summed E-state index contributed by atoms with van der Waals surface area (Å²) in [5, 5.41) is 8.50. The van der Waals surface area contributed by atoms with Crippen LogP contribution in [0.1, 0.15) is 307 Å². The highest BCUT2D eigenvalue weighted by atomic mass is 32.2. The molecule has 6 aromatic rings. The van der Waals surface area contributed by atoms with Gasteiger partial charge in [0.2, 0.25) is 0 Å². The zero-order chi connectivity index (χ0) is 85.3. The second-order valence-electron chi connectivity index (χ2n) is 42.9. The second-order valence-corrected chi connectivity index (χ2v) is 45.8. The van der Waals surface area contributed by atoms with Crippen LogP contribution in [0.2, 0.25) is 0 Å². The highest BCUT2D eigenvalue weighted by Crippen LogP contribution is 2.73. The predicted octanol–water partition coefficient (Wildman–Crippen LogP) is 27.7. The van der Waals surface area contributed by atoms with Crippen LogP contribution in [0.15, 0.2) is 167 Å². The minimum atomic E-state index is -0.510. The standard InChI is InChI=1S/C109H128N4O8S2/c1-62(2)18-13-20-64(5)84-42-44-86-76-38-36-70-56-72(48-52-104(70,7)88(76)50-54-106(84,86)9)120-102(118)110-92-46-40-82-96-78(92)24-16-26-80(96)98(114)112(100(82)116)60-66-28-32-68(33-29-66)94-58-90-74-22-15-23-75(74)91-59-95(123-109(91,12)108(90,11)122-94)69-34-30-67(31-35-69)61-113-99(115)81-27-17-25-79-93(47-41-83(97(79)81)101(113)117)111-103(119)121-73-49-53-105(8)71(57-73)37-39-77-87-45-43-85(65(6)21-14-19-63(3)4)107(87,10)55-51-89(77)105/h16-17,24-37,40-41,46-47,58-59,62-65,72-73,76-77,84-89H,13-15,18-23,38-39,42-45,48-57,60-61H2,1-12H3,(H,110,118)(H,111,119)/t64-,65-,72+,73+,76+,77+,84-,85-,86+,87+,88+,89+,104+,105+,106-,107-,108?,109?/m1/s1. The summed E-state index contributed by atoms with van der Waals surface area (Å²) >= 11 is 3.85. The molecule has 0 saturated heterocycles. The molecular formula is C109H128N4O8S2. The fourth-order valence-electron chi connectivity index (χ4n) is 29.0. The number of allylic oxidation sites excluding steroid dienone is 6. The average Bonchev–Trinajstić information content (AvgIpc) is 1.55. The fourth-order valence-corrected chi connectivity index (χ4v) is 32.2. The molecule has 7 fully saturated rings. The Morgan fingerprint density at radius 1 is 0.455 bits per heavy atom. The molecule has 123 heavy (non-hydrogen) atoms. The number of benzene rings is 6. The van der Waals surface area contributed by atoms with Crippen molar-refractivity contribution in [2.45, 2.75) is 278 Å². The van der Waals surface area contributed by atoms with Crippen LogP contribution in [0.5, 0.6) is 0 Å². The van der Waals surface area contributed by atoms with Gasteiger partial charge in [-0.05, 0) is 309 Å². The highest BCUT2D eigenvalue weighted by Gasteiger charge is 2.63. The number of thioether (sulfide) groups is 2. The van der Waals surface area contributed by atoms with Crippen LogP contribution in [0.4, 0.5) is 21.0 Å². The van der Waals surface area contributed by atoms with E-state index < -0.39 is 12.2 Å². The van der Waals surface area contributed by atoms with Crippen LogP contribution in [-0.2, 0) is 22.6 Å². The molecule has 2 unspecified atom stereocenters. The monoisotopic (exact) mass is 1680 g/mol. The van der Waals surface area contributed by atoms with E-state index in [1.807, 2.05) is 72.1 Å². The van der Waals surface area contributed by atoms with Gasteiger partial charge in [-0.15, -0.1) is 23.5 Å². The van der Waals surface area contributed by atoms with Gasteiger partial charge in [0.25, 0.3) is 23.6 Å². The summed E-state index contributed by atoms with van der Waals surface area (Å²) in [5.41, 5.74) is 16.4. The summed E-state index contributed by atoms with van der Waals surface area (Å²) in [7, 11) is 0. The molecule has 18 atom stereocenters. The van der Waals surface area contributed by atoms with E-state index in [2.05, 4.69) is 142 Å². The molecular weight excluding hydrogens is 1560 g/mol. The summed E-state index contributed by atoms with van der Waals surface area (Å²) in [4.78, 5) is 91.7. The Kier molecular flexibility index (Phi) is 21.2. The number of carbonyl (C=O) groups excluding carboxylic acids is 6. The van der Waals surface area contributed by atoms with Crippen molar-refractivity contribution < 1.29 is 38.2 Å². The Morgan fingerprint density at radius 3 is 1.25 bits per heavy atom. The molecule has 0 spiro atoms. The predicted molar refractivity (Wildman–Crippen MR) is 499 cm³/mol. The SMILES string of the molecule is CC(C)CCC[C@@H](C)[C@H]1CC[C@H]2[C@@H]3CC=C4C[C@@H](OC(=O)Nc5ccc6c7c(cccc57)C(=O)N(Cc5ccc(C7=CC8=C9CCCC9=C9C=C(c%10ccc(CN%11C(=O)c%12cccc%13c(NC(=O)O[C@H]%14CC[C@@]%15(C)C(=CC[C@H]%16[C@@H]%17CC[C@H]([C@H](C)CCCC(C)C)[C@@]%17(C)CC[C@@H]%16%15)C%14)ccc(c%12%13)C%11=O)cc%10)SC9(C)C8(C)S7)cc5)C6=O)CC[C@]4(C)[C@H]3CC[C@]12C. The number of anilines is 2. The largest absolute Gasteiger partial charge is 0.446 e. The molecule has 14 aliphatic rings. The first-order chi connectivity index (χ1) is 59.0. The summed E-state index contributed by atoms with van der Waals surface area (Å²) in [6, 6.07) is 34.8. The molecule has 4 aliphatic heterocycles. The number of ether oxygens (including phenoxy) is 2. The third-order valence-electron chi connectivity index (χ3n) is 35.7. The van der Waals surface area contributed by atoms with E-state index in [0.29, 0.717) is 77.8 Å². The van der Waals surface area contributed by atoms with Gasteiger partial charge in [0, 0.05) is 66.5 Å². The minimum absolute atomic E-state index is 0.107. The van der Waals surface area contributed by atoms with Crippen LogP contribution < -0.4 is 10.6 Å². The molecule has 0 aromatic heterocycles. The maximum atomic E-state index is 14.6. The van der Waals surface area contributed by atoms with Gasteiger partial charge >= 0.3 is 12.2 Å². The molecule has 0 bridgehead atoms. The van der Waals surface area contributed by atoms with Gasteiger partial charge in [0.1, 0.15) is 12.2 Å². The quantitative estimate of drug-likeness (QED) is 0.0558. The van der Waals surface area contributed by atoms with E-state index in [1.54, 1.807) is 36.4 Å². The van der Waals surface area contributed by atoms with Gasteiger partial charge in [0.15, 0.2) is 0 Å². The van der Waals surface area contributed by atoms with Crippen LogP contribution in [0, 0.1) is 92.7 Å². The van der Waals surface area contributed by atoms with Gasteiger partial charge < -0.3 is 9.47 Å². The molecule has 4 heterocycles. The van der Waals surface area contributed by atoms with Crippen molar-refractivity contribution in [1.82, 2.24) is 9.80 Å². The number of rotatable bonds is 20. The van der Waals surface area contributed by atoms with Crippen molar-refractivity contribution in [3.8, 4) is 0 Å². The van der Waals surface area contributed by atoms with Crippen LogP contribution in [-0.4, -0.2) is 67.3 Å². The fraction of sp³-hybridized carbons (Fsp3) is 0.541. The minimum Gasteiger partial charge on any atom is -0.446 e. The number of amides is 6. The number of carbonyl (C=O) groups is 6.